The van der Waals surface area contributed by atoms with Crippen molar-refractivity contribution in [3.63, 3.8) is 0 Å². The van der Waals surface area contributed by atoms with Crippen LogP contribution >= 0.6 is 23.1 Å². The van der Waals surface area contributed by atoms with Crippen molar-refractivity contribution >= 4 is 50.4 Å². The lowest BCUT2D eigenvalue weighted by atomic mass is 10.2. The minimum Gasteiger partial charge on any atom is -0.340 e. The van der Waals surface area contributed by atoms with Gasteiger partial charge in [0.25, 0.3) is 5.56 Å². The van der Waals surface area contributed by atoms with Gasteiger partial charge in [-0.1, -0.05) is 37.7 Å². The summed E-state index contributed by atoms with van der Waals surface area (Å²) in [5.74, 6) is 1.91. The number of nitrogens with zero attached hydrogens (tertiary/aromatic N) is 6. The minimum atomic E-state index is -0.441. The first kappa shape index (κ1) is 23.1. The highest BCUT2D eigenvalue weighted by Crippen LogP contribution is 2.31. The van der Waals surface area contributed by atoms with Crippen LogP contribution in [0.1, 0.15) is 13.8 Å². The number of aryl methyl sites for hydroxylation is 1. The Morgan fingerprint density at radius 2 is 1.91 bits per heavy atom. The van der Waals surface area contributed by atoms with E-state index in [1.807, 2.05) is 22.8 Å². The first-order chi connectivity index (χ1) is 16.4. The lowest BCUT2D eigenvalue weighted by Crippen LogP contribution is -2.47. The molecule has 0 aliphatic carbocycles. The molecule has 1 fully saturated rings. The van der Waals surface area contributed by atoms with Gasteiger partial charge in [-0.3, -0.25) is 14.3 Å². The van der Waals surface area contributed by atoms with Crippen molar-refractivity contribution in [1.82, 2.24) is 29.0 Å². The lowest BCUT2D eigenvalue weighted by Gasteiger charge is -2.35. The maximum Gasteiger partial charge on any atom is 0.329 e. The molecule has 1 aliphatic heterocycles. The Kier molecular flexibility index (Phi) is 6.50. The van der Waals surface area contributed by atoms with E-state index < -0.39 is 5.69 Å². The molecule has 4 aromatic rings. The maximum absolute atomic E-state index is 12.9. The van der Waals surface area contributed by atoms with Gasteiger partial charge in [0.15, 0.2) is 15.5 Å². The van der Waals surface area contributed by atoms with Crippen LogP contribution in [0.3, 0.4) is 0 Å². The smallest absolute Gasteiger partial charge is 0.329 e. The normalized spacial score (nSPS) is 16.0. The SMILES string of the molecule is CCN1CCN(c2nc3c(c(=O)[nH]c(=O)n3C)n2CC(C)CSc2nc3ccccc3s2)CC1. The molecule has 1 atom stereocenters. The third-order valence-corrected chi connectivity index (χ3v) is 8.86. The van der Waals surface area contributed by atoms with E-state index in [0.717, 1.165) is 54.3 Å². The molecule has 11 heteroatoms. The zero-order valence-electron chi connectivity index (χ0n) is 19.7. The summed E-state index contributed by atoms with van der Waals surface area (Å²) in [7, 11) is 1.66. The van der Waals surface area contributed by atoms with Crippen LogP contribution in [0.25, 0.3) is 21.4 Å². The number of fused-ring (bicyclic) bond motifs is 2. The molecule has 34 heavy (non-hydrogen) atoms. The average Bonchev–Trinajstić information content (AvgIpc) is 3.43. The van der Waals surface area contributed by atoms with E-state index in [-0.39, 0.29) is 11.5 Å². The van der Waals surface area contributed by atoms with E-state index in [2.05, 4.69) is 34.7 Å². The first-order valence-corrected chi connectivity index (χ1v) is 13.4. The van der Waals surface area contributed by atoms with Gasteiger partial charge in [-0.2, -0.15) is 4.98 Å². The van der Waals surface area contributed by atoms with Gasteiger partial charge in [-0.05, 0) is 24.6 Å². The number of benzene rings is 1. The number of thioether (sulfide) groups is 1. The van der Waals surface area contributed by atoms with Crippen molar-refractivity contribution in [2.75, 3.05) is 43.4 Å². The van der Waals surface area contributed by atoms with Gasteiger partial charge in [0.2, 0.25) is 5.95 Å². The molecule has 0 spiro atoms. The molecule has 1 unspecified atom stereocenters. The van der Waals surface area contributed by atoms with Crippen molar-refractivity contribution in [2.45, 2.75) is 24.7 Å². The van der Waals surface area contributed by atoms with E-state index in [1.165, 1.54) is 9.27 Å². The molecule has 180 valence electrons. The van der Waals surface area contributed by atoms with Gasteiger partial charge in [0.05, 0.1) is 10.2 Å². The van der Waals surface area contributed by atoms with Crippen molar-refractivity contribution in [1.29, 1.82) is 0 Å². The molecule has 0 bridgehead atoms. The molecule has 1 aliphatic rings. The van der Waals surface area contributed by atoms with Crippen LogP contribution in [0, 0.1) is 5.92 Å². The molecule has 9 nitrogen and oxygen atoms in total. The summed E-state index contributed by atoms with van der Waals surface area (Å²) in [6.07, 6.45) is 0. The van der Waals surface area contributed by atoms with E-state index >= 15 is 0 Å². The lowest BCUT2D eigenvalue weighted by molar-refractivity contribution is 0.269. The van der Waals surface area contributed by atoms with E-state index in [1.54, 1.807) is 30.1 Å². The van der Waals surface area contributed by atoms with Crippen LogP contribution < -0.4 is 16.1 Å². The van der Waals surface area contributed by atoms with Gasteiger partial charge in [-0.25, -0.2) is 9.78 Å². The number of hydrogen-bond acceptors (Lipinski definition) is 8. The Morgan fingerprint density at radius 1 is 1.15 bits per heavy atom. The van der Waals surface area contributed by atoms with Crippen LogP contribution in [0.2, 0.25) is 0 Å². The Bertz CT molecular complexity index is 1400. The zero-order valence-corrected chi connectivity index (χ0v) is 21.3. The number of piperazine rings is 1. The number of nitrogens with one attached hydrogen (secondary N) is 1. The maximum atomic E-state index is 12.9. The summed E-state index contributed by atoms with van der Waals surface area (Å²) < 4.78 is 5.69. The minimum absolute atomic E-state index is 0.265. The highest BCUT2D eigenvalue weighted by Gasteiger charge is 2.25. The molecule has 1 N–H and O–H groups in total. The molecule has 5 rings (SSSR count). The number of anilines is 1. The zero-order chi connectivity index (χ0) is 23.8. The molecule has 0 saturated carbocycles. The van der Waals surface area contributed by atoms with E-state index in [0.29, 0.717) is 17.7 Å². The number of H-pyrrole nitrogens is 1. The predicted molar refractivity (Wildman–Crippen MR) is 139 cm³/mol. The fraction of sp³-hybridized carbons (Fsp3) is 0.478. The van der Waals surface area contributed by atoms with E-state index in [9.17, 15) is 9.59 Å². The van der Waals surface area contributed by atoms with Gasteiger partial charge in [0.1, 0.15) is 0 Å². The second-order valence-corrected chi connectivity index (χ2v) is 11.1. The largest absolute Gasteiger partial charge is 0.340 e. The number of para-hydroxylation sites is 1. The van der Waals surface area contributed by atoms with Crippen LogP contribution in [0.15, 0.2) is 38.2 Å². The summed E-state index contributed by atoms with van der Waals surface area (Å²) >= 11 is 3.46. The quantitative estimate of drug-likeness (QED) is 0.391. The fourth-order valence-electron chi connectivity index (χ4n) is 4.39. The van der Waals surface area contributed by atoms with Crippen molar-refractivity contribution in [2.24, 2.45) is 13.0 Å². The van der Waals surface area contributed by atoms with Gasteiger partial charge < -0.3 is 14.4 Å². The Labute approximate surface area is 205 Å². The number of aromatic amines is 1. The van der Waals surface area contributed by atoms with Crippen LogP contribution in [0.5, 0.6) is 0 Å². The topological polar surface area (TPSA) is 92.0 Å². The fourth-order valence-corrected chi connectivity index (χ4v) is 6.49. The summed E-state index contributed by atoms with van der Waals surface area (Å²) in [4.78, 5) is 41.7. The Hall–Kier alpha value is -2.63. The number of likely N-dealkylation sites (N-methyl/N-ethyl adjacent to an activating group) is 1. The molecule has 4 heterocycles. The van der Waals surface area contributed by atoms with Crippen LogP contribution in [-0.2, 0) is 13.6 Å². The number of aromatic nitrogens is 5. The highest BCUT2D eigenvalue weighted by atomic mass is 32.2. The predicted octanol–water partition coefficient (Wildman–Crippen LogP) is 2.60. The number of thiazole rings is 1. The molecule has 1 saturated heterocycles. The van der Waals surface area contributed by atoms with Gasteiger partial charge >= 0.3 is 5.69 Å². The highest BCUT2D eigenvalue weighted by molar-refractivity contribution is 8.01. The summed E-state index contributed by atoms with van der Waals surface area (Å²) in [5.41, 5.74) is 1.11. The Balaban J connectivity index is 1.42. The molecular weight excluding hydrogens is 470 g/mol. The monoisotopic (exact) mass is 499 g/mol. The van der Waals surface area contributed by atoms with Crippen molar-refractivity contribution in [3.05, 3.63) is 45.1 Å². The Morgan fingerprint density at radius 3 is 2.65 bits per heavy atom. The van der Waals surface area contributed by atoms with Crippen LogP contribution in [0.4, 0.5) is 5.95 Å². The molecular formula is C23H29N7O2S2. The van der Waals surface area contributed by atoms with Crippen molar-refractivity contribution in [3.8, 4) is 0 Å². The van der Waals surface area contributed by atoms with E-state index in [4.69, 9.17) is 9.97 Å². The summed E-state index contributed by atoms with van der Waals surface area (Å²) in [5, 5.41) is 0. The number of hydrogen-bond donors (Lipinski definition) is 1. The third kappa shape index (κ3) is 4.39. The number of rotatable bonds is 7. The average molecular weight is 500 g/mol. The molecule has 0 amide bonds. The number of imidazole rings is 1. The molecule has 0 radical (unpaired) electrons. The summed E-state index contributed by atoms with van der Waals surface area (Å²) in [6, 6.07) is 8.18. The van der Waals surface area contributed by atoms with Crippen LogP contribution in [-0.4, -0.2) is 67.5 Å². The summed E-state index contributed by atoms with van der Waals surface area (Å²) in [6.45, 7) is 9.62. The first-order valence-electron chi connectivity index (χ1n) is 11.6. The van der Waals surface area contributed by atoms with Crippen molar-refractivity contribution < 1.29 is 0 Å². The second-order valence-electron chi connectivity index (χ2n) is 8.80. The molecule has 3 aromatic heterocycles. The van der Waals surface area contributed by atoms with Gasteiger partial charge in [0, 0.05) is 45.5 Å². The second kappa shape index (κ2) is 9.55. The van der Waals surface area contributed by atoms with Gasteiger partial charge in [-0.15, -0.1) is 11.3 Å². The molecule has 1 aromatic carbocycles. The standard InChI is InChI=1S/C23H29N7O2S2/c1-4-28-9-11-29(12-10-28)21-25-19-18(20(31)26-22(32)27(19)3)30(21)13-15(2)14-33-23-24-16-7-5-6-8-17(16)34-23/h5-8,15H,4,9-14H2,1-3H3,(H,26,31,32). The third-order valence-electron chi connectivity index (χ3n) is 6.35.